The Bertz CT molecular complexity index is 36.9. The number of methoxy groups -OCH3 is 1. The lowest BCUT2D eigenvalue weighted by Crippen LogP contribution is -2.18. The van der Waals surface area contributed by atoms with Gasteiger partial charge < -0.3 is 4.74 Å². The average Bonchev–Trinajstić information content (AvgIpc) is 1.69. The van der Waals surface area contributed by atoms with Gasteiger partial charge >= 0.3 is 0 Å². The van der Waals surface area contributed by atoms with Gasteiger partial charge in [-0.3, -0.25) is 0 Å². The molecule has 1 saturated carbocycles. The molecule has 8 heavy (non-hydrogen) atoms. The topological polar surface area (TPSA) is 9.23 Å². The molecule has 0 atom stereocenters. The van der Waals surface area contributed by atoms with Crippen LogP contribution in [0.5, 0.6) is 0 Å². The second-order valence-electron chi connectivity index (χ2n) is 1.79. The van der Waals surface area contributed by atoms with Crippen LogP contribution in [0.15, 0.2) is 0 Å². The van der Waals surface area contributed by atoms with Gasteiger partial charge in [-0.25, -0.2) is 0 Å². The highest BCUT2D eigenvalue weighted by molar-refractivity contribution is 4.67. The summed E-state index contributed by atoms with van der Waals surface area (Å²) in [4.78, 5) is 0. The van der Waals surface area contributed by atoms with E-state index in [9.17, 15) is 0 Å². The zero-order valence-electron chi connectivity index (χ0n) is 6.11. The van der Waals surface area contributed by atoms with Crippen molar-refractivity contribution in [2.45, 2.75) is 39.2 Å². The Kier molecular flexibility index (Phi) is 5.08. The zero-order chi connectivity index (χ0) is 6.41. The smallest absolute Gasteiger partial charge is 0.0571 e. The quantitative estimate of drug-likeness (QED) is 0.510. The molecule has 0 heterocycles. The summed E-state index contributed by atoms with van der Waals surface area (Å²) in [5, 5.41) is 0. The van der Waals surface area contributed by atoms with Gasteiger partial charge in [-0.15, -0.1) is 0 Å². The Labute approximate surface area is 52.0 Å². The molecule has 0 amide bonds. The summed E-state index contributed by atoms with van der Waals surface area (Å²) >= 11 is 0. The van der Waals surface area contributed by atoms with Crippen molar-refractivity contribution in [2.75, 3.05) is 7.11 Å². The maximum atomic E-state index is 4.99. The molecule has 0 unspecified atom stereocenters. The summed E-state index contributed by atoms with van der Waals surface area (Å²) in [6, 6.07) is 0. The molecule has 1 aliphatic rings. The Morgan fingerprint density at radius 1 is 1.25 bits per heavy atom. The van der Waals surface area contributed by atoms with Crippen LogP contribution in [-0.4, -0.2) is 13.2 Å². The second-order valence-corrected chi connectivity index (χ2v) is 1.79. The largest absolute Gasteiger partial charge is 0.381 e. The molecule has 0 aliphatic heterocycles. The van der Waals surface area contributed by atoms with Crippen molar-refractivity contribution in [1.82, 2.24) is 0 Å². The predicted molar refractivity (Wildman–Crippen MR) is 36.0 cm³/mol. The van der Waals surface area contributed by atoms with E-state index < -0.39 is 0 Å². The van der Waals surface area contributed by atoms with Crippen molar-refractivity contribution >= 4 is 0 Å². The molecule has 50 valence electrons. The lowest BCUT2D eigenvalue weighted by molar-refractivity contribution is 0.0412. The SMILES string of the molecule is CC.COC1CCC1. The molecule has 1 aliphatic carbocycles. The van der Waals surface area contributed by atoms with Crippen LogP contribution >= 0.6 is 0 Å². The minimum atomic E-state index is 0.616. The van der Waals surface area contributed by atoms with Gasteiger partial charge in [-0.1, -0.05) is 13.8 Å². The van der Waals surface area contributed by atoms with E-state index in [2.05, 4.69) is 0 Å². The van der Waals surface area contributed by atoms with E-state index >= 15 is 0 Å². The van der Waals surface area contributed by atoms with Crippen molar-refractivity contribution in [1.29, 1.82) is 0 Å². The van der Waals surface area contributed by atoms with Crippen molar-refractivity contribution in [2.24, 2.45) is 0 Å². The fourth-order valence-corrected chi connectivity index (χ4v) is 0.606. The van der Waals surface area contributed by atoms with Crippen LogP contribution in [0.3, 0.4) is 0 Å². The molecule has 1 fully saturated rings. The minimum Gasteiger partial charge on any atom is -0.381 e. The van der Waals surface area contributed by atoms with Crippen molar-refractivity contribution in [3.05, 3.63) is 0 Å². The summed E-state index contributed by atoms with van der Waals surface area (Å²) in [5.41, 5.74) is 0. The highest BCUT2D eigenvalue weighted by Crippen LogP contribution is 2.20. The van der Waals surface area contributed by atoms with Gasteiger partial charge in [0.2, 0.25) is 0 Å². The molecule has 0 aromatic rings. The number of rotatable bonds is 1. The summed E-state index contributed by atoms with van der Waals surface area (Å²) in [6.07, 6.45) is 4.57. The monoisotopic (exact) mass is 116 g/mol. The highest BCUT2D eigenvalue weighted by atomic mass is 16.5. The lowest BCUT2D eigenvalue weighted by Gasteiger charge is -2.22. The first kappa shape index (κ1) is 7.96. The van der Waals surface area contributed by atoms with E-state index in [0.717, 1.165) is 0 Å². The number of hydrogen-bond acceptors (Lipinski definition) is 1. The van der Waals surface area contributed by atoms with Crippen LogP contribution in [0.4, 0.5) is 0 Å². The zero-order valence-corrected chi connectivity index (χ0v) is 6.11. The molecular weight excluding hydrogens is 100 g/mol. The van der Waals surface area contributed by atoms with Crippen molar-refractivity contribution in [3.63, 3.8) is 0 Å². The first-order chi connectivity index (χ1) is 3.93. The molecule has 0 aromatic heterocycles. The van der Waals surface area contributed by atoms with E-state index in [0.29, 0.717) is 6.10 Å². The average molecular weight is 116 g/mol. The first-order valence-electron chi connectivity index (χ1n) is 3.46. The van der Waals surface area contributed by atoms with Gasteiger partial charge in [0.25, 0.3) is 0 Å². The molecule has 1 heteroatoms. The maximum absolute atomic E-state index is 4.99. The van der Waals surface area contributed by atoms with E-state index in [-0.39, 0.29) is 0 Å². The van der Waals surface area contributed by atoms with E-state index in [1.165, 1.54) is 19.3 Å². The standard InChI is InChI=1S/C5H10O.C2H6/c1-6-5-3-2-4-5;1-2/h5H,2-4H2,1H3;1-2H3. The lowest BCUT2D eigenvalue weighted by atomic mass is 9.96. The normalized spacial score (nSPS) is 18.4. The molecule has 1 rings (SSSR count). The van der Waals surface area contributed by atoms with Gasteiger partial charge in [-0.05, 0) is 19.3 Å². The van der Waals surface area contributed by atoms with Crippen LogP contribution in [0.1, 0.15) is 33.1 Å². The van der Waals surface area contributed by atoms with Gasteiger partial charge in [0.05, 0.1) is 6.10 Å². The fourth-order valence-electron chi connectivity index (χ4n) is 0.606. The molecule has 0 radical (unpaired) electrons. The van der Waals surface area contributed by atoms with Gasteiger partial charge in [0.15, 0.2) is 0 Å². The Morgan fingerprint density at radius 3 is 1.75 bits per heavy atom. The van der Waals surface area contributed by atoms with Gasteiger partial charge in [-0.2, -0.15) is 0 Å². The minimum absolute atomic E-state index is 0.616. The molecule has 0 spiro atoms. The summed E-state index contributed by atoms with van der Waals surface area (Å²) in [6.45, 7) is 4.00. The summed E-state index contributed by atoms with van der Waals surface area (Å²) in [5.74, 6) is 0. The Morgan fingerprint density at radius 2 is 1.75 bits per heavy atom. The van der Waals surface area contributed by atoms with Crippen LogP contribution < -0.4 is 0 Å². The van der Waals surface area contributed by atoms with Crippen molar-refractivity contribution < 1.29 is 4.74 Å². The number of ether oxygens (including phenoxy) is 1. The van der Waals surface area contributed by atoms with Crippen LogP contribution in [0, 0.1) is 0 Å². The maximum Gasteiger partial charge on any atom is 0.0571 e. The first-order valence-corrected chi connectivity index (χ1v) is 3.46. The Hall–Kier alpha value is -0.0400. The molecule has 0 bridgehead atoms. The molecule has 1 nitrogen and oxygen atoms in total. The number of hydrogen-bond donors (Lipinski definition) is 0. The predicted octanol–water partition coefficient (Wildman–Crippen LogP) is 2.21. The van der Waals surface area contributed by atoms with Crippen LogP contribution in [-0.2, 0) is 4.74 Å². The molecular formula is C7H16O. The summed E-state index contributed by atoms with van der Waals surface area (Å²) < 4.78 is 4.99. The molecule has 0 N–H and O–H groups in total. The van der Waals surface area contributed by atoms with E-state index in [1.54, 1.807) is 7.11 Å². The third kappa shape index (κ3) is 2.31. The molecule has 0 saturated heterocycles. The summed E-state index contributed by atoms with van der Waals surface area (Å²) in [7, 11) is 1.78. The van der Waals surface area contributed by atoms with Crippen LogP contribution in [0.2, 0.25) is 0 Å². The van der Waals surface area contributed by atoms with Gasteiger partial charge in [0, 0.05) is 7.11 Å². The van der Waals surface area contributed by atoms with E-state index in [4.69, 9.17) is 4.74 Å². The second kappa shape index (κ2) is 5.10. The van der Waals surface area contributed by atoms with Gasteiger partial charge in [0.1, 0.15) is 0 Å². The highest BCUT2D eigenvalue weighted by Gasteiger charge is 2.14. The Balaban J connectivity index is 0.000000222. The van der Waals surface area contributed by atoms with E-state index in [1.807, 2.05) is 13.8 Å². The third-order valence-electron chi connectivity index (χ3n) is 1.39. The van der Waals surface area contributed by atoms with Crippen LogP contribution in [0.25, 0.3) is 0 Å². The molecule has 0 aromatic carbocycles. The fraction of sp³-hybridized carbons (Fsp3) is 1.00. The van der Waals surface area contributed by atoms with Crippen molar-refractivity contribution in [3.8, 4) is 0 Å². The third-order valence-corrected chi connectivity index (χ3v) is 1.39.